The molecular weight excluding hydrogens is 208 g/mol. The monoisotopic (exact) mass is 222 g/mol. The topological polar surface area (TPSA) is 25.4 Å². The number of hydrogen-bond donors (Lipinski definition) is 0. The van der Waals surface area contributed by atoms with Crippen LogP contribution in [0.25, 0.3) is 10.1 Å². The zero-order chi connectivity index (χ0) is 10.8. The highest BCUT2D eigenvalue weighted by Crippen LogP contribution is 2.35. The van der Waals surface area contributed by atoms with Gasteiger partial charge >= 0.3 is 0 Å². The second-order valence-corrected chi connectivity index (χ2v) is 4.16. The number of benzene rings is 1. The third-order valence-corrected chi connectivity index (χ3v) is 3.30. The van der Waals surface area contributed by atoms with Gasteiger partial charge in [-0.15, -0.1) is 0 Å². The molecule has 0 bridgehead atoms. The van der Waals surface area contributed by atoms with E-state index in [1.54, 1.807) is 7.11 Å². The molecule has 0 unspecified atom stereocenters. The van der Waals surface area contributed by atoms with Gasteiger partial charge < -0.3 is 9.64 Å². The molecule has 80 valence electrons. The molecule has 0 amide bonds. The smallest absolute Gasteiger partial charge is 0.153 e. The van der Waals surface area contributed by atoms with Gasteiger partial charge in [-0.2, -0.15) is 4.37 Å². The van der Waals surface area contributed by atoms with Crippen molar-refractivity contribution in [2.75, 3.05) is 25.6 Å². The van der Waals surface area contributed by atoms with E-state index in [1.807, 2.05) is 19.2 Å². The lowest BCUT2D eigenvalue weighted by Crippen LogP contribution is -2.16. The Morgan fingerprint density at radius 2 is 2.27 bits per heavy atom. The summed E-state index contributed by atoms with van der Waals surface area (Å²) in [5, 5.41) is 1.12. The minimum Gasteiger partial charge on any atom is -0.496 e. The average Bonchev–Trinajstić information content (AvgIpc) is 2.71. The Kier molecular flexibility index (Phi) is 2.77. The summed E-state index contributed by atoms with van der Waals surface area (Å²) < 4.78 is 11.0. The molecule has 0 aliphatic carbocycles. The summed E-state index contributed by atoms with van der Waals surface area (Å²) in [4.78, 5) is 2.13. The van der Waals surface area contributed by atoms with E-state index >= 15 is 0 Å². The van der Waals surface area contributed by atoms with Crippen LogP contribution in [-0.2, 0) is 0 Å². The molecule has 0 saturated heterocycles. The van der Waals surface area contributed by atoms with E-state index in [9.17, 15) is 0 Å². The van der Waals surface area contributed by atoms with Gasteiger partial charge in [0.1, 0.15) is 5.75 Å². The molecule has 15 heavy (non-hydrogen) atoms. The van der Waals surface area contributed by atoms with Crippen LogP contribution in [-0.4, -0.2) is 25.1 Å². The molecule has 0 aliphatic heterocycles. The first-order chi connectivity index (χ1) is 7.27. The van der Waals surface area contributed by atoms with Crippen molar-refractivity contribution >= 4 is 27.4 Å². The predicted molar refractivity (Wildman–Crippen MR) is 65.1 cm³/mol. The molecule has 0 spiro atoms. The van der Waals surface area contributed by atoms with Gasteiger partial charge in [0, 0.05) is 13.6 Å². The van der Waals surface area contributed by atoms with Crippen LogP contribution in [0.5, 0.6) is 5.75 Å². The quantitative estimate of drug-likeness (QED) is 0.798. The number of nitrogens with zero attached hydrogens (tertiary/aromatic N) is 2. The van der Waals surface area contributed by atoms with Gasteiger partial charge in [0.25, 0.3) is 0 Å². The summed E-state index contributed by atoms with van der Waals surface area (Å²) in [6.07, 6.45) is 0. The largest absolute Gasteiger partial charge is 0.496 e. The van der Waals surface area contributed by atoms with Gasteiger partial charge in [-0.3, -0.25) is 0 Å². The Labute approximate surface area is 93.4 Å². The Morgan fingerprint density at radius 1 is 1.47 bits per heavy atom. The van der Waals surface area contributed by atoms with Crippen molar-refractivity contribution in [1.82, 2.24) is 4.37 Å². The molecule has 0 atom stereocenters. The molecule has 2 aromatic rings. The van der Waals surface area contributed by atoms with E-state index in [2.05, 4.69) is 22.3 Å². The Hall–Kier alpha value is -1.29. The molecule has 1 aromatic carbocycles. The van der Waals surface area contributed by atoms with E-state index in [0.717, 1.165) is 23.5 Å². The molecule has 0 fully saturated rings. The number of anilines is 1. The Balaban J connectivity index is 2.65. The highest BCUT2D eigenvalue weighted by atomic mass is 32.1. The van der Waals surface area contributed by atoms with E-state index < -0.39 is 0 Å². The first-order valence-corrected chi connectivity index (χ1v) is 5.68. The van der Waals surface area contributed by atoms with Crippen molar-refractivity contribution in [3.63, 3.8) is 0 Å². The maximum Gasteiger partial charge on any atom is 0.153 e. The van der Waals surface area contributed by atoms with E-state index in [-0.39, 0.29) is 0 Å². The summed E-state index contributed by atoms with van der Waals surface area (Å²) in [5.41, 5.74) is 0. The van der Waals surface area contributed by atoms with Gasteiger partial charge in [-0.25, -0.2) is 0 Å². The van der Waals surface area contributed by atoms with Crippen molar-refractivity contribution in [2.45, 2.75) is 6.92 Å². The van der Waals surface area contributed by atoms with Crippen LogP contribution in [0, 0.1) is 0 Å². The SMILES string of the molecule is CCN(C)c1nsc2cccc(OC)c12. The fourth-order valence-electron chi connectivity index (χ4n) is 1.53. The van der Waals surface area contributed by atoms with Crippen molar-refractivity contribution in [3.05, 3.63) is 18.2 Å². The first-order valence-electron chi connectivity index (χ1n) is 4.91. The molecule has 0 saturated carbocycles. The lowest BCUT2D eigenvalue weighted by atomic mass is 10.2. The van der Waals surface area contributed by atoms with Crippen LogP contribution in [0.3, 0.4) is 0 Å². The van der Waals surface area contributed by atoms with Gasteiger partial charge in [-0.05, 0) is 30.6 Å². The summed E-state index contributed by atoms with van der Waals surface area (Å²) in [6.45, 7) is 3.05. The minimum absolute atomic E-state index is 0.900. The maximum atomic E-state index is 5.36. The minimum atomic E-state index is 0.900. The Bertz CT molecular complexity index is 467. The van der Waals surface area contributed by atoms with E-state index in [4.69, 9.17) is 4.74 Å². The second-order valence-electron chi connectivity index (χ2n) is 3.35. The van der Waals surface area contributed by atoms with Crippen molar-refractivity contribution < 1.29 is 4.74 Å². The van der Waals surface area contributed by atoms with Gasteiger partial charge in [-0.1, -0.05) is 6.07 Å². The molecule has 1 heterocycles. The second kappa shape index (κ2) is 4.06. The van der Waals surface area contributed by atoms with Crippen LogP contribution in [0.4, 0.5) is 5.82 Å². The van der Waals surface area contributed by atoms with Crippen LogP contribution >= 0.6 is 11.5 Å². The predicted octanol–water partition coefficient (Wildman–Crippen LogP) is 2.76. The standard InChI is InChI=1S/C11H14N2OS/c1-4-13(2)11-10-8(14-3)6-5-7-9(10)15-12-11/h5-7H,4H2,1-3H3. The van der Waals surface area contributed by atoms with Gasteiger partial charge in [0.05, 0.1) is 17.2 Å². The summed E-state index contributed by atoms with van der Waals surface area (Å²) in [6, 6.07) is 6.04. The lowest BCUT2D eigenvalue weighted by molar-refractivity contribution is 0.420. The third kappa shape index (κ3) is 1.65. The summed E-state index contributed by atoms with van der Waals surface area (Å²) in [7, 11) is 3.74. The fraction of sp³-hybridized carbons (Fsp3) is 0.364. The van der Waals surface area contributed by atoms with Crippen molar-refractivity contribution in [2.24, 2.45) is 0 Å². The number of rotatable bonds is 3. The molecule has 2 rings (SSSR count). The molecule has 0 radical (unpaired) electrons. The van der Waals surface area contributed by atoms with Crippen LogP contribution in [0.15, 0.2) is 18.2 Å². The maximum absolute atomic E-state index is 5.36. The van der Waals surface area contributed by atoms with Crippen LogP contribution in [0.1, 0.15) is 6.92 Å². The Morgan fingerprint density at radius 3 is 2.93 bits per heavy atom. The average molecular weight is 222 g/mol. The van der Waals surface area contributed by atoms with Gasteiger partial charge in [0.2, 0.25) is 0 Å². The fourth-order valence-corrected chi connectivity index (χ4v) is 2.36. The zero-order valence-corrected chi connectivity index (χ0v) is 9.97. The first kappa shape index (κ1) is 10.2. The molecular formula is C11H14N2OS. The summed E-state index contributed by atoms with van der Waals surface area (Å²) >= 11 is 1.52. The number of aromatic nitrogens is 1. The number of ether oxygens (including phenoxy) is 1. The zero-order valence-electron chi connectivity index (χ0n) is 9.15. The normalized spacial score (nSPS) is 10.6. The van der Waals surface area contributed by atoms with E-state index in [1.165, 1.54) is 16.2 Å². The van der Waals surface area contributed by atoms with E-state index in [0.29, 0.717) is 0 Å². The number of methoxy groups -OCH3 is 1. The number of hydrogen-bond acceptors (Lipinski definition) is 4. The lowest BCUT2D eigenvalue weighted by Gasteiger charge is -2.14. The third-order valence-electron chi connectivity index (χ3n) is 2.50. The molecule has 0 N–H and O–H groups in total. The van der Waals surface area contributed by atoms with Crippen molar-refractivity contribution in [1.29, 1.82) is 0 Å². The molecule has 0 aliphatic rings. The highest BCUT2D eigenvalue weighted by molar-refractivity contribution is 7.13. The van der Waals surface area contributed by atoms with Crippen LogP contribution < -0.4 is 9.64 Å². The highest BCUT2D eigenvalue weighted by Gasteiger charge is 2.13. The number of fused-ring (bicyclic) bond motifs is 1. The van der Waals surface area contributed by atoms with Crippen LogP contribution in [0.2, 0.25) is 0 Å². The molecule has 4 heteroatoms. The molecule has 1 aromatic heterocycles. The molecule has 3 nitrogen and oxygen atoms in total. The summed E-state index contributed by atoms with van der Waals surface area (Å²) in [5.74, 6) is 1.91. The van der Waals surface area contributed by atoms with Gasteiger partial charge in [0.15, 0.2) is 5.82 Å². The van der Waals surface area contributed by atoms with Crippen molar-refractivity contribution in [3.8, 4) is 5.75 Å².